The number of aryl methyl sites for hydroxylation is 1. The molecule has 0 radical (unpaired) electrons. The van der Waals surface area contributed by atoms with Gasteiger partial charge >= 0.3 is 0 Å². The van der Waals surface area contributed by atoms with Crippen LogP contribution in [0.1, 0.15) is 23.2 Å². The summed E-state index contributed by atoms with van der Waals surface area (Å²) in [5, 5.41) is 13.4. The molecule has 1 aliphatic rings. The van der Waals surface area contributed by atoms with Crippen molar-refractivity contribution in [1.82, 2.24) is 14.7 Å². The molecule has 0 spiro atoms. The van der Waals surface area contributed by atoms with Gasteiger partial charge in [-0.2, -0.15) is 5.10 Å². The lowest BCUT2D eigenvalue weighted by atomic mass is 9.88. The Kier molecular flexibility index (Phi) is 2.48. The number of carbonyl (C=O) groups excluding carboxylic acids is 1. The third kappa shape index (κ3) is 1.74. The molecule has 0 bridgehead atoms. The number of aliphatic hydroxyl groups excluding tert-OH is 1. The highest BCUT2D eigenvalue weighted by Crippen LogP contribution is 2.25. The normalized spacial score (nSPS) is 24.7. The van der Waals surface area contributed by atoms with Crippen LogP contribution in [-0.4, -0.2) is 44.9 Å². The van der Waals surface area contributed by atoms with E-state index in [4.69, 9.17) is 0 Å². The van der Waals surface area contributed by atoms with Gasteiger partial charge in [-0.1, -0.05) is 0 Å². The molecule has 5 nitrogen and oxygen atoms in total. The van der Waals surface area contributed by atoms with Crippen molar-refractivity contribution in [2.45, 2.75) is 25.0 Å². The second-order valence-corrected chi connectivity index (χ2v) is 4.03. The quantitative estimate of drug-likeness (QED) is 0.746. The molecule has 1 saturated carbocycles. The Bertz CT molecular complexity index is 374. The number of nitrogens with zero attached hydrogens (tertiary/aromatic N) is 3. The van der Waals surface area contributed by atoms with Crippen LogP contribution >= 0.6 is 0 Å². The van der Waals surface area contributed by atoms with Gasteiger partial charge in [0.25, 0.3) is 5.91 Å². The number of amides is 1. The molecule has 1 heterocycles. The average Bonchev–Trinajstić information content (AvgIpc) is 2.61. The van der Waals surface area contributed by atoms with Crippen LogP contribution < -0.4 is 0 Å². The summed E-state index contributed by atoms with van der Waals surface area (Å²) in [5.41, 5.74) is 0.569. The summed E-state index contributed by atoms with van der Waals surface area (Å²) in [7, 11) is 3.50. The summed E-state index contributed by atoms with van der Waals surface area (Å²) in [6, 6.07) is -0.0299. The van der Waals surface area contributed by atoms with E-state index in [0.717, 1.165) is 12.8 Å². The number of carbonyl (C=O) groups is 1. The smallest absolute Gasteiger partial charge is 0.257 e. The third-order valence-corrected chi connectivity index (χ3v) is 2.97. The van der Waals surface area contributed by atoms with E-state index in [0.29, 0.717) is 5.56 Å². The van der Waals surface area contributed by atoms with E-state index in [2.05, 4.69) is 5.10 Å². The lowest BCUT2D eigenvalue weighted by Crippen LogP contribution is -2.51. The van der Waals surface area contributed by atoms with Gasteiger partial charge in [-0.25, -0.2) is 0 Å². The van der Waals surface area contributed by atoms with Gasteiger partial charge in [0.1, 0.15) is 0 Å². The largest absolute Gasteiger partial charge is 0.391 e. The Balaban J connectivity index is 2.07. The van der Waals surface area contributed by atoms with Gasteiger partial charge < -0.3 is 10.0 Å². The van der Waals surface area contributed by atoms with Crippen molar-refractivity contribution >= 4 is 5.91 Å². The first-order valence-electron chi connectivity index (χ1n) is 5.03. The van der Waals surface area contributed by atoms with E-state index < -0.39 is 0 Å². The fraction of sp³-hybridized carbons (Fsp3) is 0.600. The molecule has 1 N–H and O–H groups in total. The molecule has 0 aliphatic heterocycles. The van der Waals surface area contributed by atoms with Crippen LogP contribution in [0.25, 0.3) is 0 Å². The van der Waals surface area contributed by atoms with Crippen molar-refractivity contribution in [3.8, 4) is 0 Å². The van der Waals surface area contributed by atoms with Crippen molar-refractivity contribution in [3.05, 3.63) is 18.0 Å². The van der Waals surface area contributed by atoms with Crippen LogP contribution in [-0.2, 0) is 7.05 Å². The first-order chi connectivity index (χ1) is 7.09. The summed E-state index contributed by atoms with van der Waals surface area (Å²) in [5.74, 6) is -0.0770. The molecule has 5 heteroatoms. The van der Waals surface area contributed by atoms with Crippen LogP contribution in [0.3, 0.4) is 0 Å². The molecule has 1 aromatic heterocycles. The maximum absolute atomic E-state index is 11.9. The predicted octanol–water partition coefficient (Wildman–Crippen LogP) is 0.0154. The highest BCUT2D eigenvalue weighted by Gasteiger charge is 2.35. The van der Waals surface area contributed by atoms with Gasteiger partial charge in [0.05, 0.1) is 23.9 Å². The third-order valence-electron chi connectivity index (χ3n) is 2.97. The van der Waals surface area contributed by atoms with Crippen LogP contribution in [0.2, 0.25) is 0 Å². The molecule has 1 fully saturated rings. The van der Waals surface area contributed by atoms with Crippen molar-refractivity contribution in [2.75, 3.05) is 7.05 Å². The fourth-order valence-electron chi connectivity index (χ4n) is 1.80. The highest BCUT2D eigenvalue weighted by molar-refractivity contribution is 5.93. The number of hydrogen-bond donors (Lipinski definition) is 1. The Morgan fingerprint density at radius 1 is 1.67 bits per heavy atom. The zero-order valence-corrected chi connectivity index (χ0v) is 8.92. The summed E-state index contributed by atoms with van der Waals surface area (Å²) in [4.78, 5) is 13.5. The molecular weight excluding hydrogens is 194 g/mol. The van der Waals surface area contributed by atoms with Crippen molar-refractivity contribution in [1.29, 1.82) is 0 Å². The van der Waals surface area contributed by atoms with Gasteiger partial charge in [0.2, 0.25) is 0 Å². The lowest BCUT2D eigenvalue weighted by Gasteiger charge is -2.39. The fourth-order valence-corrected chi connectivity index (χ4v) is 1.80. The first-order valence-corrected chi connectivity index (χ1v) is 5.03. The topological polar surface area (TPSA) is 58.4 Å². The monoisotopic (exact) mass is 209 g/mol. The first kappa shape index (κ1) is 10.2. The zero-order valence-electron chi connectivity index (χ0n) is 8.92. The molecule has 1 aliphatic carbocycles. The molecule has 1 aromatic rings. The van der Waals surface area contributed by atoms with Gasteiger partial charge in [-0.05, 0) is 12.8 Å². The number of rotatable bonds is 2. The SMILES string of the molecule is CN(C(=O)c1cnn(C)c1)[C@@H]1CC[C@H]1O. The molecular formula is C10H15N3O2. The van der Waals surface area contributed by atoms with Crippen molar-refractivity contribution in [3.63, 3.8) is 0 Å². The summed E-state index contributed by atoms with van der Waals surface area (Å²) in [6.07, 6.45) is 4.53. The average molecular weight is 209 g/mol. The van der Waals surface area contributed by atoms with E-state index in [1.807, 2.05) is 0 Å². The second-order valence-electron chi connectivity index (χ2n) is 4.03. The van der Waals surface area contributed by atoms with E-state index in [9.17, 15) is 9.90 Å². The molecule has 15 heavy (non-hydrogen) atoms. The Labute approximate surface area is 88.3 Å². The summed E-state index contributed by atoms with van der Waals surface area (Å²) in [6.45, 7) is 0. The van der Waals surface area contributed by atoms with Crippen molar-refractivity contribution in [2.24, 2.45) is 7.05 Å². The highest BCUT2D eigenvalue weighted by atomic mass is 16.3. The second kappa shape index (κ2) is 3.66. The van der Waals surface area contributed by atoms with Crippen molar-refractivity contribution < 1.29 is 9.90 Å². The molecule has 1 amide bonds. The maximum atomic E-state index is 11.9. The van der Waals surface area contributed by atoms with Crippen LogP contribution in [0.15, 0.2) is 12.4 Å². The van der Waals surface area contributed by atoms with E-state index >= 15 is 0 Å². The minimum absolute atomic E-state index is 0.0299. The maximum Gasteiger partial charge on any atom is 0.257 e. The molecule has 2 atom stereocenters. The molecule has 0 aromatic carbocycles. The van der Waals surface area contributed by atoms with Gasteiger partial charge in [-0.15, -0.1) is 0 Å². The number of aliphatic hydroxyl groups is 1. The van der Waals surface area contributed by atoms with Crippen LogP contribution in [0.5, 0.6) is 0 Å². The number of hydrogen-bond acceptors (Lipinski definition) is 3. The molecule has 2 rings (SSSR count). The number of likely N-dealkylation sites (N-methyl/N-ethyl adjacent to an activating group) is 1. The summed E-state index contributed by atoms with van der Waals surface area (Å²) < 4.78 is 1.60. The zero-order chi connectivity index (χ0) is 11.0. The number of aromatic nitrogens is 2. The van der Waals surface area contributed by atoms with E-state index in [-0.39, 0.29) is 18.1 Å². The summed E-state index contributed by atoms with van der Waals surface area (Å²) >= 11 is 0. The van der Waals surface area contributed by atoms with Gasteiger partial charge in [-0.3, -0.25) is 9.48 Å². The minimum atomic E-state index is -0.365. The minimum Gasteiger partial charge on any atom is -0.391 e. The van der Waals surface area contributed by atoms with Crippen LogP contribution in [0.4, 0.5) is 0 Å². The molecule has 0 unspecified atom stereocenters. The van der Waals surface area contributed by atoms with E-state index in [1.54, 1.807) is 36.1 Å². The van der Waals surface area contributed by atoms with E-state index in [1.165, 1.54) is 0 Å². The molecule has 0 saturated heterocycles. The Morgan fingerprint density at radius 3 is 2.80 bits per heavy atom. The van der Waals surface area contributed by atoms with Gasteiger partial charge in [0, 0.05) is 20.3 Å². The predicted molar refractivity (Wildman–Crippen MR) is 54.3 cm³/mol. The van der Waals surface area contributed by atoms with Crippen LogP contribution in [0, 0.1) is 0 Å². The standard InChI is InChI=1S/C10H15N3O2/c1-12-6-7(5-11-12)10(15)13(2)8-3-4-9(8)14/h5-6,8-9,14H,3-4H2,1-2H3/t8-,9-/m1/s1. The molecule has 82 valence electrons. The van der Waals surface area contributed by atoms with Gasteiger partial charge in [0.15, 0.2) is 0 Å². The Hall–Kier alpha value is -1.36. The Morgan fingerprint density at radius 2 is 2.40 bits per heavy atom. The lowest BCUT2D eigenvalue weighted by molar-refractivity contribution is -0.00491.